The van der Waals surface area contributed by atoms with Crippen molar-refractivity contribution in [1.82, 2.24) is 10.2 Å². The normalized spacial score (nSPS) is 20.4. The van der Waals surface area contributed by atoms with Crippen LogP contribution in [0.4, 0.5) is 0 Å². The van der Waals surface area contributed by atoms with Gasteiger partial charge in [-0.15, -0.1) is 0 Å². The molecular formula is C13H26N2O. The van der Waals surface area contributed by atoms with Crippen LogP contribution in [0.2, 0.25) is 0 Å². The van der Waals surface area contributed by atoms with Crippen molar-refractivity contribution in [3.05, 3.63) is 0 Å². The van der Waals surface area contributed by atoms with Crippen LogP contribution >= 0.6 is 0 Å². The van der Waals surface area contributed by atoms with Crippen molar-refractivity contribution in [3.8, 4) is 0 Å². The molecular weight excluding hydrogens is 200 g/mol. The van der Waals surface area contributed by atoms with Crippen molar-refractivity contribution in [3.63, 3.8) is 0 Å². The van der Waals surface area contributed by atoms with Crippen LogP contribution in [0.3, 0.4) is 0 Å². The molecule has 1 rings (SSSR count). The van der Waals surface area contributed by atoms with E-state index in [4.69, 9.17) is 0 Å². The van der Waals surface area contributed by atoms with Crippen LogP contribution in [0.5, 0.6) is 0 Å². The molecule has 94 valence electrons. The summed E-state index contributed by atoms with van der Waals surface area (Å²) >= 11 is 0. The third kappa shape index (κ3) is 4.97. The summed E-state index contributed by atoms with van der Waals surface area (Å²) < 4.78 is 0. The van der Waals surface area contributed by atoms with Gasteiger partial charge in [0.15, 0.2) is 0 Å². The summed E-state index contributed by atoms with van der Waals surface area (Å²) in [6.45, 7) is 7.52. The highest BCUT2D eigenvalue weighted by Gasteiger charge is 2.18. The molecule has 3 heteroatoms. The summed E-state index contributed by atoms with van der Waals surface area (Å²) in [6.07, 6.45) is 4.12. The van der Waals surface area contributed by atoms with Gasteiger partial charge >= 0.3 is 0 Å². The van der Waals surface area contributed by atoms with E-state index < -0.39 is 0 Å². The maximum Gasteiger partial charge on any atom is 0.222 e. The van der Waals surface area contributed by atoms with E-state index in [0.29, 0.717) is 17.7 Å². The molecule has 0 bridgehead atoms. The van der Waals surface area contributed by atoms with E-state index >= 15 is 0 Å². The Bertz CT molecular complexity index is 210. The molecule has 3 nitrogen and oxygen atoms in total. The number of nitrogens with zero attached hydrogens (tertiary/aromatic N) is 1. The highest BCUT2D eigenvalue weighted by Crippen LogP contribution is 2.11. The molecule has 0 aromatic rings. The maximum absolute atomic E-state index is 11.8. The quantitative estimate of drug-likeness (QED) is 0.750. The van der Waals surface area contributed by atoms with Crippen LogP contribution in [-0.4, -0.2) is 37.5 Å². The van der Waals surface area contributed by atoms with E-state index in [1.807, 2.05) is 11.9 Å². The number of nitrogens with one attached hydrogen (secondary N) is 1. The fourth-order valence-electron chi connectivity index (χ4n) is 2.21. The zero-order chi connectivity index (χ0) is 12.0. The van der Waals surface area contributed by atoms with Gasteiger partial charge in [0.2, 0.25) is 5.91 Å². The molecule has 1 saturated heterocycles. The number of hydrogen-bond acceptors (Lipinski definition) is 2. The van der Waals surface area contributed by atoms with Crippen molar-refractivity contribution in [2.75, 3.05) is 26.7 Å². The molecule has 1 fully saturated rings. The minimum absolute atomic E-state index is 0.313. The molecule has 0 aromatic carbocycles. The predicted molar refractivity (Wildman–Crippen MR) is 67.3 cm³/mol. The molecule has 1 atom stereocenters. The molecule has 1 amide bonds. The minimum Gasteiger partial charge on any atom is -0.345 e. The third-order valence-electron chi connectivity index (χ3n) is 3.29. The molecule has 1 aliphatic heterocycles. The minimum atomic E-state index is 0.313. The first kappa shape index (κ1) is 13.5. The molecule has 1 unspecified atom stereocenters. The van der Waals surface area contributed by atoms with Crippen molar-refractivity contribution in [1.29, 1.82) is 0 Å². The summed E-state index contributed by atoms with van der Waals surface area (Å²) in [7, 11) is 1.94. The molecule has 0 aromatic heterocycles. The van der Waals surface area contributed by atoms with Crippen molar-refractivity contribution >= 4 is 5.91 Å². The topological polar surface area (TPSA) is 32.3 Å². The van der Waals surface area contributed by atoms with E-state index in [9.17, 15) is 4.79 Å². The van der Waals surface area contributed by atoms with E-state index in [1.165, 1.54) is 6.42 Å². The van der Waals surface area contributed by atoms with Gasteiger partial charge in [0, 0.05) is 20.0 Å². The Morgan fingerprint density at radius 2 is 2.25 bits per heavy atom. The predicted octanol–water partition coefficient (Wildman–Crippen LogP) is 1.88. The number of rotatable bonds is 6. The van der Waals surface area contributed by atoms with Gasteiger partial charge in [-0.05, 0) is 37.8 Å². The van der Waals surface area contributed by atoms with Crippen LogP contribution in [0.25, 0.3) is 0 Å². The highest BCUT2D eigenvalue weighted by molar-refractivity contribution is 5.75. The van der Waals surface area contributed by atoms with Crippen LogP contribution in [0.15, 0.2) is 0 Å². The third-order valence-corrected chi connectivity index (χ3v) is 3.29. The van der Waals surface area contributed by atoms with E-state index in [1.54, 1.807) is 0 Å². The highest BCUT2D eigenvalue weighted by atomic mass is 16.2. The standard InChI is InChI=1S/C13H26N2O/c1-11(2)5-4-6-13(16)15(3)10-12-7-8-14-9-12/h11-12,14H,4-10H2,1-3H3. The summed E-state index contributed by atoms with van der Waals surface area (Å²) in [6, 6.07) is 0. The number of carbonyl (C=O) groups is 1. The van der Waals surface area contributed by atoms with Gasteiger partial charge in [-0.3, -0.25) is 4.79 Å². The monoisotopic (exact) mass is 226 g/mol. The fourth-order valence-corrected chi connectivity index (χ4v) is 2.21. The van der Waals surface area contributed by atoms with E-state index in [-0.39, 0.29) is 0 Å². The fraction of sp³-hybridized carbons (Fsp3) is 0.923. The van der Waals surface area contributed by atoms with Gasteiger partial charge in [0.05, 0.1) is 0 Å². The Labute approximate surface area is 99.6 Å². The van der Waals surface area contributed by atoms with Gasteiger partial charge in [0.1, 0.15) is 0 Å². The largest absolute Gasteiger partial charge is 0.345 e. The molecule has 1 heterocycles. The first-order valence-electron chi connectivity index (χ1n) is 6.54. The lowest BCUT2D eigenvalue weighted by atomic mass is 10.1. The molecule has 0 spiro atoms. The van der Waals surface area contributed by atoms with Gasteiger partial charge in [-0.1, -0.05) is 20.3 Å². The zero-order valence-electron chi connectivity index (χ0n) is 11.0. The smallest absolute Gasteiger partial charge is 0.222 e. The first-order chi connectivity index (χ1) is 7.59. The van der Waals surface area contributed by atoms with Crippen LogP contribution in [0, 0.1) is 11.8 Å². The van der Waals surface area contributed by atoms with Crippen LogP contribution in [0.1, 0.15) is 39.5 Å². The Balaban J connectivity index is 2.14. The average Bonchev–Trinajstić information content (AvgIpc) is 2.69. The number of hydrogen-bond donors (Lipinski definition) is 1. The lowest BCUT2D eigenvalue weighted by Gasteiger charge is -2.20. The average molecular weight is 226 g/mol. The lowest BCUT2D eigenvalue weighted by Crippen LogP contribution is -2.32. The summed E-state index contributed by atoms with van der Waals surface area (Å²) in [5.74, 6) is 1.68. The summed E-state index contributed by atoms with van der Waals surface area (Å²) in [4.78, 5) is 13.7. The molecule has 0 radical (unpaired) electrons. The summed E-state index contributed by atoms with van der Waals surface area (Å²) in [5.41, 5.74) is 0. The SMILES string of the molecule is CC(C)CCCC(=O)N(C)CC1CCNC1. The van der Waals surface area contributed by atoms with Crippen LogP contribution in [-0.2, 0) is 4.79 Å². The maximum atomic E-state index is 11.8. The van der Waals surface area contributed by atoms with Crippen molar-refractivity contribution in [2.45, 2.75) is 39.5 Å². The zero-order valence-corrected chi connectivity index (χ0v) is 11.0. The van der Waals surface area contributed by atoms with Gasteiger partial charge in [0.25, 0.3) is 0 Å². The lowest BCUT2D eigenvalue weighted by molar-refractivity contribution is -0.130. The molecule has 0 aliphatic carbocycles. The molecule has 16 heavy (non-hydrogen) atoms. The van der Waals surface area contributed by atoms with Crippen LogP contribution < -0.4 is 5.32 Å². The van der Waals surface area contributed by atoms with E-state index in [0.717, 1.165) is 38.9 Å². The first-order valence-corrected chi connectivity index (χ1v) is 6.54. The second-order valence-electron chi connectivity index (χ2n) is 5.42. The van der Waals surface area contributed by atoms with Gasteiger partial charge < -0.3 is 10.2 Å². The Morgan fingerprint density at radius 3 is 2.81 bits per heavy atom. The van der Waals surface area contributed by atoms with E-state index in [2.05, 4.69) is 19.2 Å². The second kappa shape index (κ2) is 6.89. The molecule has 0 saturated carbocycles. The van der Waals surface area contributed by atoms with Crippen molar-refractivity contribution < 1.29 is 4.79 Å². The Hall–Kier alpha value is -0.570. The Morgan fingerprint density at radius 1 is 1.50 bits per heavy atom. The van der Waals surface area contributed by atoms with Gasteiger partial charge in [-0.2, -0.15) is 0 Å². The second-order valence-corrected chi connectivity index (χ2v) is 5.42. The van der Waals surface area contributed by atoms with Crippen molar-refractivity contribution in [2.24, 2.45) is 11.8 Å². The summed E-state index contributed by atoms with van der Waals surface area (Å²) in [5, 5.41) is 3.34. The number of amides is 1. The number of carbonyl (C=O) groups excluding carboxylic acids is 1. The Kier molecular flexibility index (Phi) is 5.81. The molecule has 1 N–H and O–H groups in total. The van der Waals surface area contributed by atoms with Gasteiger partial charge in [-0.25, -0.2) is 0 Å². The molecule has 1 aliphatic rings.